The van der Waals surface area contributed by atoms with Crippen LogP contribution in [0.1, 0.15) is 22.3 Å². The van der Waals surface area contributed by atoms with Gasteiger partial charge >= 0.3 is 6.18 Å². The lowest BCUT2D eigenvalue weighted by atomic mass is 9.76. The van der Waals surface area contributed by atoms with Crippen molar-refractivity contribution in [1.29, 1.82) is 5.26 Å². The van der Waals surface area contributed by atoms with Gasteiger partial charge in [-0.2, -0.15) is 18.4 Å². The number of rotatable bonds is 4. The van der Waals surface area contributed by atoms with Gasteiger partial charge in [-0.3, -0.25) is 4.79 Å². The monoisotopic (exact) mass is 381 g/mol. The summed E-state index contributed by atoms with van der Waals surface area (Å²) in [4.78, 5) is 12.3. The molecule has 0 aliphatic rings. The van der Waals surface area contributed by atoms with Crippen molar-refractivity contribution >= 4 is 21.7 Å². The molecule has 0 spiro atoms. The fourth-order valence-corrected chi connectivity index (χ4v) is 2.66. The fourth-order valence-electron chi connectivity index (χ4n) is 2.26. The summed E-state index contributed by atoms with van der Waals surface area (Å²) in [6.45, 7) is 0. The maximum absolute atomic E-state index is 13.6. The van der Waals surface area contributed by atoms with Gasteiger partial charge in [0, 0.05) is 16.5 Å². The highest BCUT2D eigenvalue weighted by atomic mass is 79.9. The fraction of sp³-hybridized carbons (Fsp3) is 0.176. The van der Waals surface area contributed by atoms with Crippen LogP contribution in [-0.2, 0) is 5.41 Å². The smallest absolute Gasteiger partial charge is 0.294 e. The molecule has 0 fully saturated rings. The molecule has 118 valence electrons. The number of benzene rings is 2. The summed E-state index contributed by atoms with van der Waals surface area (Å²) in [5.74, 6) is -0.742. The van der Waals surface area contributed by atoms with Crippen LogP contribution in [0.25, 0.3) is 0 Å². The number of halogens is 4. The topological polar surface area (TPSA) is 40.9 Å². The Morgan fingerprint density at radius 3 is 2.26 bits per heavy atom. The van der Waals surface area contributed by atoms with Crippen LogP contribution in [0.4, 0.5) is 13.2 Å². The summed E-state index contributed by atoms with van der Waals surface area (Å²) in [7, 11) is 0. The van der Waals surface area contributed by atoms with E-state index in [2.05, 4.69) is 15.9 Å². The van der Waals surface area contributed by atoms with Gasteiger partial charge in [-0.1, -0.05) is 58.4 Å². The zero-order valence-corrected chi connectivity index (χ0v) is 13.4. The Morgan fingerprint density at radius 1 is 1.09 bits per heavy atom. The molecule has 0 N–H and O–H groups in total. The molecule has 0 aliphatic carbocycles. The van der Waals surface area contributed by atoms with Gasteiger partial charge in [0.1, 0.15) is 0 Å². The maximum atomic E-state index is 13.6. The maximum Gasteiger partial charge on any atom is 0.411 e. The molecule has 0 saturated carbocycles. The van der Waals surface area contributed by atoms with E-state index in [9.17, 15) is 23.2 Å². The second-order valence-corrected chi connectivity index (χ2v) is 5.91. The van der Waals surface area contributed by atoms with Gasteiger partial charge in [0.15, 0.2) is 11.2 Å². The van der Waals surface area contributed by atoms with E-state index in [1.54, 1.807) is 18.2 Å². The highest BCUT2D eigenvalue weighted by Gasteiger charge is 2.57. The quantitative estimate of drug-likeness (QED) is 0.695. The van der Waals surface area contributed by atoms with E-state index in [-0.39, 0.29) is 11.1 Å². The summed E-state index contributed by atoms with van der Waals surface area (Å²) in [6.07, 6.45) is -5.84. The second-order valence-electron chi connectivity index (χ2n) is 4.99. The third kappa shape index (κ3) is 3.45. The van der Waals surface area contributed by atoms with Gasteiger partial charge in [0.2, 0.25) is 0 Å². The van der Waals surface area contributed by atoms with Crippen LogP contribution < -0.4 is 0 Å². The number of ketones is 1. The number of hydrogen-bond donors (Lipinski definition) is 0. The summed E-state index contributed by atoms with van der Waals surface area (Å²) < 4.78 is 41.5. The van der Waals surface area contributed by atoms with E-state index in [0.29, 0.717) is 4.47 Å². The molecule has 1 atom stereocenters. The molecule has 2 aromatic rings. The number of carbonyl (C=O) groups is 1. The normalized spacial score (nSPS) is 13.9. The van der Waals surface area contributed by atoms with Crippen molar-refractivity contribution in [3.8, 4) is 6.07 Å². The van der Waals surface area contributed by atoms with E-state index in [1.807, 2.05) is 0 Å². The van der Waals surface area contributed by atoms with Gasteiger partial charge in [0.05, 0.1) is 6.07 Å². The first-order valence-corrected chi connectivity index (χ1v) is 7.42. The predicted molar refractivity (Wildman–Crippen MR) is 82.9 cm³/mol. The molecule has 0 radical (unpaired) electrons. The highest BCUT2D eigenvalue weighted by Crippen LogP contribution is 2.44. The molecule has 23 heavy (non-hydrogen) atoms. The lowest BCUT2D eigenvalue weighted by Crippen LogP contribution is -2.43. The standard InChI is InChI=1S/C17H11BrF3NO/c18-14-8-4-5-12(9-14)15(23)10-16(11-22,17(19,20)21)13-6-2-1-3-7-13/h1-9H,10H2/t16-/m0/s1. The number of nitrogens with zero attached hydrogens (tertiary/aromatic N) is 1. The molecule has 2 aromatic carbocycles. The van der Waals surface area contributed by atoms with Crippen molar-refractivity contribution in [2.24, 2.45) is 0 Å². The van der Waals surface area contributed by atoms with Crippen molar-refractivity contribution in [3.63, 3.8) is 0 Å². The molecule has 2 nitrogen and oxygen atoms in total. The summed E-state index contributed by atoms with van der Waals surface area (Å²) in [6, 6.07) is 14.2. The molecular formula is C17H11BrF3NO. The molecule has 0 aliphatic heterocycles. The van der Waals surface area contributed by atoms with Crippen LogP contribution in [-0.4, -0.2) is 12.0 Å². The minimum Gasteiger partial charge on any atom is -0.294 e. The number of alkyl halides is 3. The Kier molecular flexibility index (Phi) is 4.90. The van der Waals surface area contributed by atoms with Gasteiger partial charge in [-0.15, -0.1) is 0 Å². The average Bonchev–Trinajstić information content (AvgIpc) is 2.52. The lowest BCUT2D eigenvalue weighted by Gasteiger charge is -2.29. The summed E-state index contributed by atoms with van der Waals surface area (Å²) in [5, 5.41) is 9.28. The molecule has 2 rings (SSSR count). The van der Waals surface area contributed by atoms with Crippen molar-refractivity contribution in [2.75, 3.05) is 0 Å². The third-order valence-electron chi connectivity index (χ3n) is 3.51. The zero-order chi connectivity index (χ0) is 17.1. The third-order valence-corrected chi connectivity index (χ3v) is 4.01. The summed E-state index contributed by atoms with van der Waals surface area (Å²) in [5.41, 5.74) is -2.98. The van der Waals surface area contributed by atoms with Crippen LogP contribution >= 0.6 is 15.9 Å². The van der Waals surface area contributed by atoms with Crippen molar-refractivity contribution in [2.45, 2.75) is 18.0 Å². The number of hydrogen-bond acceptors (Lipinski definition) is 2. The number of Topliss-reactive ketones (excluding diaryl/α,β-unsaturated/α-hetero) is 1. The van der Waals surface area contributed by atoms with Crippen LogP contribution in [0.3, 0.4) is 0 Å². The molecule has 0 bridgehead atoms. The van der Waals surface area contributed by atoms with Crippen LogP contribution in [0.2, 0.25) is 0 Å². The molecule has 6 heteroatoms. The molecule has 0 saturated heterocycles. The van der Waals surface area contributed by atoms with Gasteiger partial charge in [-0.25, -0.2) is 0 Å². The van der Waals surface area contributed by atoms with Crippen LogP contribution in [0.15, 0.2) is 59.1 Å². The van der Waals surface area contributed by atoms with E-state index < -0.39 is 23.8 Å². The Hall–Kier alpha value is -2.13. The van der Waals surface area contributed by atoms with Crippen molar-refractivity contribution in [1.82, 2.24) is 0 Å². The van der Waals surface area contributed by atoms with Crippen LogP contribution in [0, 0.1) is 11.3 Å². The average molecular weight is 382 g/mol. The number of nitriles is 1. The predicted octanol–water partition coefficient (Wildman–Crippen LogP) is 5.05. The molecule has 0 amide bonds. The Balaban J connectivity index is 2.48. The van der Waals surface area contributed by atoms with Crippen LogP contribution in [0.5, 0.6) is 0 Å². The van der Waals surface area contributed by atoms with Gasteiger partial charge in [-0.05, 0) is 17.7 Å². The van der Waals surface area contributed by atoms with Crippen molar-refractivity contribution in [3.05, 3.63) is 70.2 Å². The first-order valence-electron chi connectivity index (χ1n) is 6.62. The zero-order valence-electron chi connectivity index (χ0n) is 11.8. The second kappa shape index (κ2) is 6.55. The van der Waals surface area contributed by atoms with Gasteiger partial charge in [0.25, 0.3) is 0 Å². The van der Waals surface area contributed by atoms with E-state index in [1.165, 1.54) is 42.5 Å². The van der Waals surface area contributed by atoms with E-state index in [4.69, 9.17) is 0 Å². The minimum absolute atomic E-state index is 0.124. The molecule has 0 unspecified atom stereocenters. The number of carbonyl (C=O) groups excluding carboxylic acids is 1. The van der Waals surface area contributed by atoms with Gasteiger partial charge < -0.3 is 0 Å². The molecule has 0 heterocycles. The first-order chi connectivity index (χ1) is 10.8. The SMILES string of the molecule is N#C[C@@](CC(=O)c1cccc(Br)c1)(c1ccccc1)C(F)(F)F. The Morgan fingerprint density at radius 2 is 1.74 bits per heavy atom. The lowest BCUT2D eigenvalue weighted by molar-refractivity contribution is -0.172. The molecule has 0 aromatic heterocycles. The Bertz CT molecular complexity index is 752. The Labute approximate surface area is 139 Å². The van der Waals surface area contributed by atoms with Crippen molar-refractivity contribution < 1.29 is 18.0 Å². The first kappa shape index (κ1) is 17.2. The van der Waals surface area contributed by atoms with E-state index in [0.717, 1.165) is 0 Å². The largest absolute Gasteiger partial charge is 0.411 e. The van der Waals surface area contributed by atoms with E-state index >= 15 is 0 Å². The highest BCUT2D eigenvalue weighted by molar-refractivity contribution is 9.10. The molecular weight excluding hydrogens is 371 g/mol. The minimum atomic E-state index is -4.87. The summed E-state index contributed by atoms with van der Waals surface area (Å²) >= 11 is 3.17.